The number of aromatic nitrogens is 2. The lowest BCUT2D eigenvalue weighted by atomic mass is 10.1. The first kappa shape index (κ1) is 18.0. The first-order valence-corrected chi connectivity index (χ1v) is 9.61. The summed E-state index contributed by atoms with van der Waals surface area (Å²) < 4.78 is 6.70. The number of para-hydroxylation sites is 1. The fraction of sp³-hybridized carbons (Fsp3) is 0.333. The Hall–Kier alpha value is -2.37. The van der Waals surface area contributed by atoms with Gasteiger partial charge in [-0.25, -0.2) is 4.79 Å². The summed E-state index contributed by atoms with van der Waals surface area (Å²) in [7, 11) is 1.68. The Morgan fingerprint density at radius 1 is 1.26 bits per heavy atom. The fourth-order valence-electron chi connectivity index (χ4n) is 3.34. The van der Waals surface area contributed by atoms with Gasteiger partial charge < -0.3 is 10.1 Å². The van der Waals surface area contributed by atoms with Crippen molar-refractivity contribution in [2.45, 2.75) is 25.2 Å². The molecule has 0 unspecified atom stereocenters. The van der Waals surface area contributed by atoms with Gasteiger partial charge in [0.2, 0.25) is 0 Å². The monoisotopic (exact) mass is 383 g/mol. The molecule has 1 aliphatic carbocycles. The van der Waals surface area contributed by atoms with E-state index >= 15 is 0 Å². The Morgan fingerprint density at radius 3 is 2.81 bits per heavy atom. The van der Waals surface area contributed by atoms with E-state index in [1.165, 1.54) is 18.4 Å². The fourth-order valence-corrected chi connectivity index (χ4v) is 3.56. The van der Waals surface area contributed by atoms with E-state index in [1.54, 1.807) is 17.7 Å². The van der Waals surface area contributed by atoms with Crippen molar-refractivity contribution in [3.63, 3.8) is 0 Å². The molecule has 1 aliphatic rings. The van der Waals surface area contributed by atoms with Crippen LogP contribution in [0.3, 0.4) is 0 Å². The number of halogens is 1. The molecule has 1 saturated carbocycles. The summed E-state index contributed by atoms with van der Waals surface area (Å²) in [6, 6.07) is 13.7. The van der Waals surface area contributed by atoms with Crippen molar-refractivity contribution in [2.75, 3.05) is 25.6 Å². The van der Waals surface area contributed by atoms with Crippen LogP contribution in [0.25, 0.3) is 16.6 Å². The maximum absolute atomic E-state index is 12.9. The van der Waals surface area contributed by atoms with E-state index in [1.807, 2.05) is 18.2 Å². The van der Waals surface area contributed by atoms with Crippen LogP contribution in [0.1, 0.15) is 30.7 Å². The van der Waals surface area contributed by atoms with Crippen molar-refractivity contribution in [3.8, 4) is 5.69 Å². The Bertz CT molecular complexity index is 1030. The topological polar surface area (TPSA) is 56.1 Å². The average Bonchev–Trinajstić information content (AvgIpc) is 3.51. The lowest BCUT2D eigenvalue weighted by Gasteiger charge is -2.15. The molecular weight excluding hydrogens is 362 g/mol. The van der Waals surface area contributed by atoms with Crippen LogP contribution in [0.15, 0.2) is 47.3 Å². The number of hydrogen-bond acceptors (Lipinski definition) is 4. The summed E-state index contributed by atoms with van der Waals surface area (Å²) in [5, 5.41) is 4.72. The summed E-state index contributed by atoms with van der Waals surface area (Å²) in [5.41, 5.74) is 2.42. The summed E-state index contributed by atoms with van der Waals surface area (Å²) in [6.07, 6.45) is 3.25. The highest BCUT2D eigenvalue weighted by Gasteiger charge is 2.24. The predicted octanol–water partition coefficient (Wildman–Crippen LogP) is 4.36. The van der Waals surface area contributed by atoms with Gasteiger partial charge in [0.1, 0.15) is 5.82 Å². The van der Waals surface area contributed by atoms with Crippen molar-refractivity contribution >= 4 is 28.3 Å². The number of benzene rings is 2. The number of ether oxygens (including phenoxy) is 1. The van der Waals surface area contributed by atoms with Gasteiger partial charge in [-0.15, -0.1) is 0 Å². The molecule has 4 rings (SSSR count). The highest BCUT2D eigenvalue weighted by Crippen LogP contribution is 2.41. The average molecular weight is 384 g/mol. The second-order valence-electron chi connectivity index (χ2n) is 6.85. The van der Waals surface area contributed by atoms with Gasteiger partial charge in [-0.3, -0.25) is 4.57 Å². The summed E-state index contributed by atoms with van der Waals surface area (Å²) in [6.45, 7) is 1.35. The summed E-state index contributed by atoms with van der Waals surface area (Å²) in [4.78, 5) is 17.2. The van der Waals surface area contributed by atoms with Crippen molar-refractivity contribution in [1.29, 1.82) is 0 Å². The van der Waals surface area contributed by atoms with Crippen molar-refractivity contribution in [3.05, 3.63) is 63.5 Å². The Morgan fingerprint density at radius 2 is 2.07 bits per heavy atom. The highest BCUT2D eigenvalue weighted by molar-refractivity contribution is 6.32. The van der Waals surface area contributed by atoms with Crippen LogP contribution in [0, 0.1) is 0 Å². The van der Waals surface area contributed by atoms with E-state index in [2.05, 4.69) is 28.5 Å². The molecule has 0 aliphatic heterocycles. The first-order chi connectivity index (χ1) is 13.2. The minimum absolute atomic E-state index is 0.335. The maximum Gasteiger partial charge on any atom is 0.354 e. The molecule has 0 bridgehead atoms. The molecule has 1 fully saturated rings. The molecule has 140 valence electrons. The SMILES string of the molecule is COCCCNc1nc(=O)n(-c2ccccc2Cl)c2cc(C3CC3)ccc12. The minimum atomic E-state index is -0.335. The van der Waals surface area contributed by atoms with Gasteiger partial charge in [-0.05, 0) is 55.0 Å². The Labute approximate surface area is 162 Å². The lowest BCUT2D eigenvalue weighted by molar-refractivity contribution is 0.198. The van der Waals surface area contributed by atoms with Crippen LogP contribution in [-0.2, 0) is 4.74 Å². The van der Waals surface area contributed by atoms with E-state index in [-0.39, 0.29) is 5.69 Å². The van der Waals surface area contributed by atoms with Crippen molar-refractivity contribution < 1.29 is 4.74 Å². The van der Waals surface area contributed by atoms with Gasteiger partial charge in [0.15, 0.2) is 0 Å². The molecule has 3 aromatic rings. The van der Waals surface area contributed by atoms with Crippen LogP contribution < -0.4 is 11.0 Å². The summed E-state index contributed by atoms with van der Waals surface area (Å²) in [5.74, 6) is 1.20. The van der Waals surface area contributed by atoms with E-state index in [0.29, 0.717) is 35.6 Å². The van der Waals surface area contributed by atoms with Crippen LogP contribution in [0.2, 0.25) is 5.02 Å². The highest BCUT2D eigenvalue weighted by atomic mass is 35.5. The largest absolute Gasteiger partial charge is 0.385 e. The molecule has 0 saturated heterocycles. The summed E-state index contributed by atoms with van der Waals surface area (Å²) >= 11 is 6.39. The number of anilines is 1. The second-order valence-corrected chi connectivity index (χ2v) is 7.26. The first-order valence-electron chi connectivity index (χ1n) is 9.23. The van der Waals surface area contributed by atoms with Gasteiger partial charge >= 0.3 is 5.69 Å². The number of nitrogens with zero attached hydrogens (tertiary/aromatic N) is 2. The van der Waals surface area contributed by atoms with E-state index in [4.69, 9.17) is 16.3 Å². The molecule has 2 aromatic carbocycles. The van der Waals surface area contributed by atoms with Gasteiger partial charge in [0.05, 0.1) is 16.2 Å². The molecule has 0 atom stereocenters. The third-order valence-electron chi connectivity index (χ3n) is 4.88. The molecule has 1 heterocycles. The van der Waals surface area contributed by atoms with E-state index < -0.39 is 0 Å². The number of fused-ring (bicyclic) bond motifs is 1. The second kappa shape index (κ2) is 7.71. The number of nitrogens with one attached hydrogen (secondary N) is 1. The number of hydrogen-bond donors (Lipinski definition) is 1. The van der Waals surface area contributed by atoms with Crippen molar-refractivity contribution in [2.24, 2.45) is 0 Å². The third kappa shape index (κ3) is 3.70. The smallest absolute Gasteiger partial charge is 0.354 e. The number of rotatable bonds is 7. The molecule has 1 N–H and O–H groups in total. The molecular formula is C21H22ClN3O2. The predicted molar refractivity (Wildman–Crippen MR) is 109 cm³/mol. The third-order valence-corrected chi connectivity index (χ3v) is 5.20. The van der Waals surface area contributed by atoms with Gasteiger partial charge in [0.25, 0.3) is 0 Å². The van der Waals surface area contributed by atoms with Gasteiger partial charge in [-0.1, -0.05) is 29.8 Å². The standard InChI is InChI=1S/C21H22ClN3O2/c1-27-12-4-11-23-20-16-10-9-15(14-7-8-14)13-19(16)25(21(26)24-20)18-6-3-2-5-17(18)22/h2-3,5-6,9-10,13-14H,4,7-8,11-12H2,1H3,(H,23,24,26). The zero-order valence-corrected chi connectivity index (χ0v) is 16.0. The molecule has 27 heavy (non-hydrogen) atoms. The van der Waals surface area contributed by atoms with Crippen molar-refractivity contribution in [1.82, 2.24) is 9.55 Å². The molecule has 1 aromatic heterocycles. The molecule has 0 spiro atoms. The van der Waals surface area contributed by atoms with Crippen LogP contribution in [0.5, 0.6) is 0 Å². The number of methoxy groups -OCH3 is 1. The zero-order valence-electron chi connectivity index (χ0n) is 15.2. The minimum Gasteiger partial charge on any atom is -0.385 e. The van der Waals surface area contributed by atoms with Gasteiger partial charge in [-0.2, -0.15) is 4.98 Å². The normalized spacial score (nSPS) is 13.9. The quantitative estimate of drug-likeness (QED) is 0.616. The Kier molecular flexibility index (Phi) is 5.14. The van der Waals surface area contributed by atoms with Gasteiger partial charge in [0, 0.05) is 25.6 Å². The Balaban J connectivity index is 1.87. The molecule has 5 nitrogen and oxygen atoms in total. The lowest BCUT2D eigenvalue weighted by Crippen LogP contribution is -2.24. The molecule has 0 radical (unpaired) electrons. The van der Waals surface area contributed by atoms with Crippen LogP contribution >= 0.6 is 11.6 Å². The van der Waals surface area contributed by atoms with Crippen LogP contribution in [-0.4, -0.2) is 29.8 Å². The molecule has 0 amide bonds. The maximum atomic E-state index is 12.9. The van der Waals surface area contributed by atoms with E-state index in [0.717, 1.165) is 17.3 Å². The van der Waals surface area contributed by atoms with Crippen LogP contribution in [0.4, 0.5) is 5.82 Å². The molecule has 6 heteroatoms. The zero-order chi connectivity index (χ0) is 18.8. The van der Waals surface area contributed by atoms with E-state index in [9.17, 15) is 4.79 Å².